The van der Waals surface area contributed by atoms with E-state index in [1.807, 2.05) is 13.0 Å². The summed E-state index contributed by atoms with van der Waals surface area (Å²) in [5.41, 5.74) is 7.95. The van der Waals surface area contributed by atoms with Crippen molar-refractivity contribution < 1.29 is 9.53 Å². The summed E-state index contributed by atoms with van der Waals surface area (Å²) in [6, 6.07) is 5.39. The summed E-state index contributed by atoms with van der Waals surface area (Å²) in [6.45, 7) is 3.60. The Bertz CT molecular complexity index is 364. The number of nitrogen functional groups attached to an aromatic ring is 1. The number of ether oxygens (including phenoxy) is 1. The number of carbonyl (C=O) groups excluding carboxylic acids is 1. The van der Waals surface area contributed by atoms with Crippen LogP contribution in [0.15, 0.2) is 18.2 Å². The van der Waals surface area contributed by atoms with Gasteiger partial charge in [-0.1, -0.05) is 6.07 Å². The second-order valence-electron chi connectivity index (χ2n) is 3.44. The van der Waals surface area contributed by atoms with E-state index in [2.05, 4.69) is 5.32 Å². The van der Waals surface area contributed by atoms with Crippen LogP contribution in [0.2, 0.25) is 0 Å². The first-order valence-electron chi connectivity index (χ1n) is 4.74. The lowest BCUT2D eigenvalue weighted by atomic mass is 10.2. The number of hydrogen-bond acceptors (Lipinski definition) is 3. The van der Waals surface area contributed by atoms with Crippen LogP contribution in [-0.2, 0) is 9.53 Å². The Balaban J connectivity index is 2.80. The lowest BCUT2D eigenvalue weighted by molar-refractivity contribution is -0.124. The number of nitrogens with one attached hydrogen (secondary N) is 1. The highest BCUT2D eigenvalue weighted by atomic mass is 16.5. The summed E-state index contributed by atoms with van der Waals surface area (Å²) < 4.78 is 4.91. The van der Waals surface area contributed by atoms with E-state index >= 15 is 0 Å². The van der Waals surface area contributed by atoms with E-state index < -0.39 is 6.10 Å². The molecule has 15 heavy (non-hydrogen) atoms. The van der Waals surface area contributed by atoms with Crippen molar-refractivity contribution in [2.75, 3.05) is 18.2 Å². The average Bonchev–Trinajstić information content (AvgIpc) is 2.22. The quantitative estimate of drug-likeness (QED) is 0.741. The topological polar surface area (TPSA) is 64.3 Å². The van der Waals surface area contributed by atoms with Crippen molar-refractivity contribution in [1.29, 1.82) is 0 Å². The lowest BCUT2D eigenvalue weighted by Gasteiger charge is -2.12. The number of anilines is 2. The number of hydrogen-bond donors (Lipinski definition) is 2. The first kappa shape index (κ1) is 11.5. The number of amides is 1. The Morgan fingerprint density at radius 1 is 1.53 bits per heavy atom. The molecule has 1 rings (SSSR count). The number of aryl methyl sites for hydroxylation is 1. The van der Waals surface area contributed by atoms with Gasteiger partial charge in [0.15, 0.2) is 0 Å². The van der Waals surface area contributed by atoms with Crippen molar-refractivity contribution in [3.05, 3.63) is 23.8 Å². The minimum absolute atomic E-state index is 0.175. The minimum atomic E-state index is -0.467. The fourth-order valence-corrected chi connectivity index (χ4v) is 1.12. The van der Waals surface area contributed by atoms with Crippen LogP contribution in [0.3, 0.4) is 0 Å². The largest absolute Gasteiger partial charge is 0.399 e. The predicted octanol–water partition coefficient (Wildman–Crippen LogP) is 1.55. The first-order valence-corrected chi connectivity index (χ1v) is 4.74. The SMILES string of the molecule is COC(C)C(=O)Nc1cc(N)ccc1C. The molecule has 0 saturated heterocycles. The zero-order valence-electron chi connectivity index (χ0n) is 9.20. The smallest absolute Gasteiger partial charge is 0.253 e. The maximum absolute atomic E-state index is 11.5. The van der Waals surface area contributed by atoms with E-state index in [1.54, 1.807) is 19.1 Å². The molecule has 1 amide bonds. The summed E-state index contributed by atoms with van der Waals surface area (Å²) in [5.74, 6) is -0.175. The summed E-state index contributed by atoms with van der Waals surface area (Å²) in [6.07, 6.45) is -0.467. The number of benzene rings is 1. The molecule has 4 nitrogen and oxygen atoms in total. The maximum atomic E-state index is 11.5. The van der Waals surface area contributed by atoms with Gasteiger partial charge in [0.05, 0.1) is 0 Å². The van der Waals surface area contributed by atoms with Gasteiger partial charge in [-0.3, -0.25) is 4.79 Å². The summed E-state index contributed by atoms with van der Waals surface area (Å²) in [7, 11) is 1.50. The van der Waals surface area contributed by atoms with Crippen LogP contribution in [0.4, 0.5) is 11.4 Å². The summed E-state index contributed by atoms with van der Waals surface area (Å²) >= 11 is 0. The molecule has 3 N–H and O–H groups in total. The third-order valence-electron chi connectivity index (χ3n) is 2.24. The summed E-state index contributed by atoms with van der Waals surface area (Å²) in [4.78, 5) is 11.5. The molecule has 1 atom stereocenters. The zero-order valence-corrected chi connectivity index (χ0v) is 9.20. The average molecular weight is 208 g/mol. The molecule has 0 heterocycles. The van der Waals surface area contributed by atoms with Gasteiger partial charge < -0.3 is 15.8 Å². The normalized spacial score (nSPS) is 12.2. The molecular weight excluding hydrogens is 192 g/mol. The molecule has 0 fully saturated rings. The molecular formula is C11H16N2O2. The van der Waals surface area contributed by atoms with Crippen LogP contribution in [0.5, 0.6) is 0 Å². The van der Waals surface area contributed by atoms with Gasteiger partial charge in [0.1, 0.15) is 6.10 Å². The fraction of sp³-hybridized carbons (Fsp3) is 0.364. The van der Waals surface area contributed by atoms with E-state index in [-0.39, 0.29) is 5.91 Å². The van der Waals surface area contributed by atoms with Gasteiger partial charge in [0.2, 0.25) is 0 Å². The van der Waals surface area contributed by atoms with E-state index in [0.717, 1.165) is 11.3 Å². The second-order valence-corrected chi connectivity index (χ2v) is 3.44. The molecule has 0 radical (unpaired) electrons. The van der Waals surface area contributed by atoms with Crippen LogP contribution in [0.25, 0.3) is 0 Å². The van der Waals surface area contributed by atoms with Crippen molar-refractivity contribution in [3.63, 3.8) is 0 Å². The van der Waals surface area contributed by atoms with Crippen molar-refractivity contribution in [3.8, 4) is 0 Å². The Kier molecular flexibility index (Phi) is 3.68. The van der Waals surface area contributed by atoms with E-state index in [0.29, 0.717) is 5.69 Å². The lowest BCUT2D eigenvalue weighted by Crippen LogP contribution is -2.26. The number of nitrogens with two attached hydrogens (primary N) is 1. The van der Waals surface area contributed by atoms with Gasteiger partial charge in [-0.25, -0.2) is 0 Å². The maximum Gasteiger partial charge on any atom is 0.253 e. The highest BCUT2D eigenvalue weighted by molar-refractivity contribution is 5.94. The van der Waals surface area contributed by atoms with E-state index in [4.69, 9.17) is 10.5 Å². The Hall–Kier alpha value is -1.55. The second kappa shape index (κ2) is 4.79. The van der Waals surface area contributed by atoms with Crippen molar-refractivity contribution >= 4 is 17.3 Å². The molecule has 0 spiro atoms. The number of carbonyl (C=O) groups is 1. The monoisotopic (exact) mass is 208 g/mol. The Labute approximate surface area is 89.4 Å². The van der Waals surface area contributed by atoms with Crippen LogP contribution < -0.4 is 11.1 Å². The molecule has 82 valence electrons. The van der Waals surface area contributed by atoms with Gasteiger partial charge in [-0.15, -0.1) is 0 Å². The molecule has 1 aromatic rings. The van der Waals surface area contributed by atoms with Gasteiger partial charge in [-0.2, -0.15) is 0 Å². The molecule has 0 bridgehead atoms. The summed E-state index contributed by atoms with van der Waals surface area (Å²) in [5, 5.41) is 2.76. The van der Waals surface area contributed by atoms with Gasteiger partial charge in [0, 0.05) is 18.5 Å². The molecule has 0 aliphatic carbocycles. The number of rotatable bonds is 3. The van der Waals surface area contributed by atoms with Crippen LogP contribution in [0, 0.1) is 6.92 Å². The van der Waals surface area contributed by atoms with E-state index in [9.17, 15) is 4.79 Å². The van der Waals surface area contributed by atoms with Gasteiger partial charge in [0.25, 0.3) is 5.91 Å². The van der Waals surface area contributed by atoms with Gasteiger partial charge in [-0.05, 0) is 31.5 Å². The molecule has 4 heteroatoms. The van der Waals surface area contributed by atoms with E-state index in [1.165, 1.54) is 7.11 Å². The predicted molar refractivity (Wildman–Crippen MR) is 60.7 cm³/mol. The highest BCUT2D eigenvalue weighted by Gasteiger charge is 2.12. The first-order chi connectivity index (χ1) is 7.04. The molecule has 0 aliphatic rings. The minimum Gasteiger partial charge on any atom is -0.399 e. The third-order valence-corrected chi connectivity index (χ3v) is 2.24. The molecule has 1 aromatic carbocycles. The third kappa shape index (κ3) is 2.95. The van der Waals surface area contributed by atoms with Crippen molar-refractivity contribution in [1.82, 2.24) is 0 Å². The van der Waals surface area contributed by atoms with Crippen LogP contribution in [0.1, 0.15) is 12.5 Å². The fourth-order valence-electron chi connectivity index (χ4n) is 1.12. The van der Waals surface area contributed by atoms with Crippen molar-refractivity contribution in [2.24, 2.45) is 0 Å². The standard InChI is InChI=1S/C11H16N2O2/c1-7-4-5-9(12)6-10(7)13-11(14)8(2)15-3/h4-6,8H,12H2,1-3H3,(H,13,14). The number of methoxy groups -OCH3 is 1. The molecule has 0 saturated carbocycles. The zero-order chi connectivity index (χ0) is 11.4. The van der Waals surface area contributed by atoms with Crippen LogP contribution >= 0.6 is 0 Å². The molecule has 0 aliphatic heterocycles. The Morgan fingerprint density at radius 2 is 2.20 bits per heavy atom. The Morgan fingerprint density at radius 3 is 2.80 bits per heavy atom. The van der Waals surface area contributed by atoms with Gasteiger partial charge >= 0.3 is 0 Å². The van der Waals surface area contributed by atoms with Crippen molar-refractivity contribution in [2.45, 2.75) is 20.0 Å². The molecule has 1 unspecified atom stereocenters. The molecule has 0 aromatic heterocycles. The highest BCUT2D eigenvalue weighted by Crippen LogP contribution is 2.18. The van der Waals surface area contributed by atoms with Crippen LogP contribution in [-0.4, -0.2) is 19.1 Å².